The number of hydrogen-bond acceptors (Lipinski definition) is 7. The van der Waals surface area contributed by atoms with Gasteiger partial charge in [-0.05, 0) is 48.5 Å². The number of amides is 6. The average Bonchev–Trinajstić information content (AvgIpc) is 2.91. The second kappa shape index (κ2) is 11.0. The summed E-state index contributed by atoms with van der Waals surface area (Å²) >= 11 is 0. The number of carbonyl (C=O) groups is 5. The maximum absolute atomic E-state index is 12.9. The van der Waals surface area contributed by atoms with E-state index in [9.17, 15) is 24.0 Å². The van der Waals surface area contributed by atoms with Gasteiger partial charge in [-0.15, -0.1) is 0 Å². The summed E-state index contributed by atoms with van der Waals surface area (Å²) < 4.78 is 5.11. The number of anilines is 2. The number of hydrogen-bond donors (Lipinski definition) is 3. The van der Waals surface area contributed by atoms with Crippen LogP contribution in [0.25, 0.3) is 0 Å². The molecule has 1 atom stereocenters. The number of nitrogens with zero attached hydrogens (tertiary/aromatic N) is 2. The fourth-order valence-corrected chi connectivity index (χ4v) is 3.45. The van der Waals surface area contributed by atoms with Gasteiger partial charge in [-0.1, -0.05) is 24.3 Å². The molecule has 0 spiro atoms. The second-order valence-corrected chi connectivity index (χ2v) is 7.76. The molecule has 1 aliphatic heterocycles. The van der Waals surface area contributed by atoms with E-state index in [0.29, 0.717) is 17.0 Å². The van der Waals surface area contributed by atoms with Gasteiger partial charge in [0, 0.05) is 29.1 Å². The Labute approximate surface area is 211 Å². The Morgan fingerprint density at radius 2 is 1.62 bits per heavy atom. The van der Waals surface area contributed by atoms with Crippen LogP contribution < -0.4 is 25.7 Å². The summed E-state index contributed by atoms with van der Waals surface area (Å²) in [6.07, 6.45) is 0.948. The number of urea groups is 1. The highest BCUT2D eigenvalue weighted by Crippen LogP contribution is 2.24. The van der Waals surface area contributed by atoms with Crippen molar-refractivity contribution in [1.29, 1.82) is 0 Å². The minimum atomic E-state index is -1.44. The number of hydrazone groups is 1. The van der Waals surface area contributed by atoms with Gasteiger partial charge < -0.3 is 10.1 Å². The van der Waals surface area contributed by atoms with Crippen LogP contribution in [0.4, 0.5) is 16.2 Å². The number of imide groups is 2. The monoisotopic (exact) mass is 499 g/mol. The molecule has 3 N–H and O–H groups in total. The molecule has 3 aromatic rings. The van der Waals surface area contributed by atoms with Gasteiger partial charge in [0.05, 0.1) is 12.8 Å². The summed E-state index contributed by atoms with van der Waals surface area (Å²) in [6, 6.07) is 20.0. The maximum Gasteiger partial charge on any atom is 0.335 e. The summed E-state index contributed by atoms with van der Waals surface area (Å²) in [4.78, 5) is 62.9. The Hall–Kier alpha value is -5.32. The van der Waals surface area contributed by atoms with Crippen molar-refractivity contribution in [2.24, 2.45) is 11.0 Å². The summed E-state index contributed by atoms with van der Waals surface area (Å²) in [5.74, 6) is -3.64. The van der Waals surface area contributed by atoms with Crippen LogP contribution in [0.2, 0.25) is 0 Å². The first-order valence-electron chi connectivity index (χ1n) is 11.0. The summed E-state index contributed by atoms with van der Waals surface area (Å²) in [7, 11) is 1.44. The Morgan fingerprint density at radius 3 is 2.32 bits per heavy atom. The predicted octanol–water partition coefficient (Wildman–Crippen LogP) is 2.56. The molecule has 1 fully saturated rings. The predicted molar refractivity (Wildman–Crippen MR) is 134 cm³/mol. The van der Waals surface area contributed by atoms with Gasteiger partial charge >= 0.3 is 6.03 Å². The number of ether oxygens (including phenoxy) is 1. The first kappa shape index (κ1) is 24.8. The van der Waals surface area contributed by atoms with Crippen LogP contribution in [0.5, 0.6) is 5.75 Å². The van der Waals surface area contributed by atoms with Crippen molar-refractivity contribution < 1.29 is 28.7 Å². The molecule has 11 nitrogen and oxygen atoms in total. The molecule has 1 saturated heterocycles. The van der Waals surface area contributed by atoms with Gasteiger partial charge in [0.25, 0.3) is 17.7 Å². The number of methoxy groups -OCH3 is 1. The zero-order chi connectivity index (χ0) is 26.4. The molecule has 0 radical (unpaired) electrons. The van der Waals surface area contributed by atoms with Crippen molar-refractivity contribution >= 4 is 47.2 Å². The van der Waals surface area contributed by atoms with Crippen LogP contribution in [0.15, 0.2) is 84.0 Å². The molecule has 3 aromatic carbocycles. The molecule has 0 aliphatic carbocycles. The number of barbiturate groups is 1. The maximum atomic E-state index is 12.9. The third-order valence-corrected chi connectivity index (χ3v) is 5.34. The molecule has 1 aliphatic rings. The van der Waals surface area contributed by atoms with Crippen LogP contribution in [0, 0.1) is 5.92 Å². The molecule has 1 heterocycles. The van der Waals surface area contributed by atoms with Crippen LogP contribution in [-0.4, -0.2) is 43.0 Å². The molecule has 0 aromatic heterocycles. The van der Waals surface area contributed by atoms with Crippen molar-refractivity contribution in [3.8, 4) is 5.75 Å². The Morgan fingerprint density at radius 1 is 0.919 bits per heavy atom. The SMILES string of the molecule is COc1cccc(N2C(=O)NC(=O)C(C=NNC(=O)c3ccc(NC(=O)c4ccccc4)cc3)C2=O)c1. The van der Waals surface area contributed by atoms with Crippen molar-refractivity contribution in [2.45, 2.75) is 0 Å². The zero-order valence-electron chi connectivity index (χ0n) is 19.5. The van der Waals surface area contributed by atoms with Crippen LogP contribution >= 0.6 is 0 Å². The van der Waals surface area contributed by atoms with Crippen LogP contribution in [0.3, 0.4) is 0 Å². The van der Waals surface area contributed by atoms with Crippen molar-refractivity contribution in [3.05, 3.63) is 90.0 Å². The van der Waals surface area contributed by atoms with Gasteiger partial charge in [0.1, 0.15) is 5.75 Å². The van der Waals surface area contributed by atoms with E-state index in [-0.39, 0.29) is 17.2 Å². The third kappa shape index (κ3) is 5.68. The lowest BCUT2D eigenvalue weighted by Crippen LogP contribution is -2.58. The normalized spacial score (nSPS) is 15.3. The molecule has 6 amide bonds. The molecule has 11 heteroatoms. The number of benzene rings is 3. The highest BCUT2D eigenvalue weighted by molar-refractivity contribution is 6.32. The molecule has 0 bridgehead atoms. The number of rotatable bonds is 7. The van der Waals surface area contributed by atoms with Gasteiger partial charge in [0.15, 0.2) is 5.92 Å². The summed E-state index contributed by atoms with van der Waals surface area (Å²) in [6.45, 7) is 0. The van der Waals surface area contributed by atoms with E-state index < -0.39 is 29.7 Å². The third-order valence-electron chi connectivity index (χ3n) is 5.34. The van der Waals surface area contributed by atoms with Gasteiger partial charge in [-0.25, -0.2) is 15.1 Å². The van der Waals surface area contributed by atoms with E-state index >= 15 is 0 Å². The lowest BCUT2D eigenvalue weighted by Gasteiger charge is -2.28. The fourth-order valence-electron chi connectivity index (χ4n) is 3.45. The molecule has 37 heavy (non-hydrogen) atoms. The number of nitrogens with one attached hydrogen (secondary N) is 3. The molecule has 1 unspecified atom stereocenters. The fraction of sp³-hybridized carbons (Fsp3) is 0.0769. The van der Waals surface area contributed by atoms with E-state index in [0.717, 1.165) is 11.1 Å². The van der Waals surface area contributed by atoms with Crippen molar-refractivity contribution in [3.63, 3.8) is 0 Å². The molecule has 0 saturated carbocycles. The van der Waals surface area contributed by atoms with Gasteiger partial charge in [0.2, 0.25) is 5.91 Å². The highest BCUT2D eigenvalue weighted by Gasteiger charge is 2.40. The van der Waals surface area contributed by atoms with E-state index in [2.05, 4.69) is 21.2 Å². The van der Waals surface area contributed by atoms with Crippen molar-refractivity contribution in [1.82, 2.24) is 10.7 Å². The molecular weight excluding hydrogens is 478 g/mol. The molecular formula is C26H21N5O6. The van der Waals surface area contributed by atoms with Crippen LogP contribution in [-0.2, 0) is 9.59 Å². The minimum Gasteiger partial charge on any atom is -0.497 e. The standard InChI is InChI=1S/C26H21N5O6/c1-37-20-9-5-8-19(14-20)31-25(35)21(24(34)29-26(31)36)15-27-30-23(33)17-10-12-18(13-11-17)28-22(32)16-6-3-2-4-7-16/h2-15,21H,1H3,(H,28,32)(H,30,33)(H,29,34,36). The van der Waals surface area contributed by atoms with E-state index in [1.54, 1.807) is 54.6 Å². The average molecular weight is 499 g/mol. The lowest BCUT2D eigenvalue weighted by molar-refractivity contribution is -0.131. The topological polar surface area (TPSA) is 146 Å². The zero-order valence-corrected chi connectivity index (χ0v) is 19.5. The lowest BCUT2D eigenvalue weighted by atomic mass is 10.1. The smallest absolute Gasteiger partial charge is 0.335 e. The van der Waals surface area contributed by atoms with E-state index in [1.807, 2.05) is 0 Å². The molecule has 4 rings (SSSR count). The quantitative estimate of drug-likeness (QED) is 0.259. The molecule has 186 valence electrons. The Bertz CT molecular complexity index is 1390. The van der Waals surface area contributed by atoms with Crippen LogP contribution in [0.1, 0.15) is 20.7 Å². The van der Waals surface area contributed by atoms with Gasteiger partial charge in [-0.2, -0.15) is 5.10 Å². The largest absolute Gasteiger partial charge is 0.497 e. The highest BCUT2D eigenvalue weighted by atomic mass is 16.5. The van der Waals surface area contributed by atoms with E-state index in [1.165, 1.54) is 31.4 Å². The Kier molecular flexibility index (Phi) is 7.34. The van der Waals surface area contributed by atoms with E-state index in [4.69, 9.17) is 4.74 Å². The summed E-state index contributed by atoms with van der Waals surface area (Å²) in [5.41, 5.74) is 3.65. The first-order chi connectivity index (χ1) is 17.9. The minimum absolute atomic E-state index is 0.205. The number of carbonyl (C=O) groups excluding carboxylic acids is 5. The Balaban J connectivity index is 1.39. The van der Waals surface area contributed by atoms with Crippen molar-refractivity contribution in [2.75, 3.05) is 17.3 Å². The second-order valence-electron chi connectivity index (χ2n) is 7.76. The first-order valence-corrected chi connectivity index (χ1v) is 11.0. The summed E-state index contributed by atoms with van der Waals surface area (Å²) in [5, 5.41) is 8.55. The van der Waals surface area contributed by atoms with Gasteiger partial charge in [-0.3, -0.25) is 24.5 Å².